The third-order valence-electron chi connectivity index (χ3n) is 4.64. The van der Waals surface area contributed by atoms with E-state index in [0.29, 0.717) is 0 Å². The Morgan fingerprint density at radius 2 is 1.50 bits per heavy atom. The molecule has 1 amide bonds. The van der Waals surface area contributed by atoms with Crippen LogP contribution in [0.5, 0.6) is 5.75 Å². The minimum Gasteiger partial charge on any atom is -0.506 e. The normalized spacial score (nSPS) is 11.0. The first-order valence-electron chi connectivity index (χ1n) is 9.74. The van der Waals surface area contributed by atoms with E-state index in [-0.39, 0.29) is 33.5 Å². The van der Waals surface area contributed by atoms with Gasteiger partial charge in [-0.3, -0.25) is 19.8 Å². The van der Waals surface area contributed by atoms with E-state index >= 15 is 0 Å². The van der Waals surface area contributed by atoms with E-state index in [0.717, 1.165) is 32.4 Å². The minimum absolute atomic E-state index is 0.0164. The molecule has 0 atom stereocenters. The maximum Gasteiger partial charge on any atom is 0.362 e. The van der Waals surface area contributed by atoms with Gasteiger partial charge >= 0.3 is 29.0 Å². The number of hydrazone groups is 1. The van der Waals surface area contributed by atoms with E-state index in [1.54, 1.807) is 0 Å². The summed E-state index contributed by atoms with van der Waals surface area (Å²) in [6.07, 6.45) is 0. The van der Waals surface area contributed by atoms with E-state index in [2.05, 4.69) is 35.3 Å². The topological polar surface area (TPSA) is 229 Å². The zero-order valence-corrected chi connectivity index (χ0v) is 18.5. The predicted octanol–water partition coefficient (Wildman–Crippen LogP) is -0.0136. The van der Waals surface area contributed by atoms with Gasteiger partial charge in [0.25, 0.3) is 5.91 Å². The van der Waals surface area contributed by atoms with E-state index in [9.17, 15) is 39.0 Å². The van der Waals surface area contributed by atoms with Gasteiger partial charge in [-0.2, -0.15) is 5.10 Å². The van der Waals surface area contributed by atoms with Crippen molar-refractivity contribution in [3.05, 3.63) is 62.2 Å². The van der Waals surface area contributed by atoms with Gasteiger partial charge in [0.2, 0.25) is 5.71 Å². The van der Waals surface area contributed by atoms with Crippen LogP contribution in [-0.2, 0) is 19.1 Å². The van der Waals surface area contributed by atoms with Gasteiger partial charge in [-0.05, 0) is 24.3 Å². The van der Waals surface area contributed by atoms with Crippen molar-refractivity contribution < 1.29 is 38.9 Å². The van der Waals surface area contributed by atoms with Gasteiger partial charge in [0.05, 0.1) is 47.8 Å². The van der Waals surface area contributed by atoms with Gasteiger partial charge < -0.3 is 35.0 Å². The van der Waals surface area contributed by atoms with Crippen LogP contribution in [0.2, 0.25) is 0 Å². The van der Waals surface area contributed by atoms with Crippen LogP contribution in [0, 0.1) is 0 Å². The highest BCUT2D eigenvalue weighted by Gasteiger charge is 2.23. The van der Waals surface area contributed by atoms with Crippen LogP contribution in [0.1, 0.15) is 20.7 Å². The van der Waals surface area contributed by atoms with Gasteiger partial charge in [-0.25, -0.2) is 14.4 Å². The van der Waals surface area contributed by atoms with Crippen molar-refractivity contribution in [3.63, 3.8) is 0 Å². The van der Waals surface area contributed by atoms with Crippen LogP contribution in [-0.4, -0.2) is 63.9 Å². The monoisotopic (exact) mass is 499 g/mol. The summed E-state index contributed by atoms with van der Waals surface area (Å²) in [6.45, 7) is 0. The number of phenols is 1. The highest BCUT2D eigenvalue weighted by molar-refractivity contribution is 6.65. The van der Waals surface area contributed by atoms with Crippen LogP contribution in [0.25, 0.3) is 11.0 Å². The fraction of sp³-hybridized carbons (Fsp3) is 0.0952. The number of nitrogens with one attached hydrogen (secondary N) is 4. The third kappa shape index (κ3) is 5.19. The summed E-state index contributed by atoms with van der Waals surface area (Å²) in [5.74, 6) is -5.27. The summed E-state index contributed by atoms with van der Waals surface area (Å²) >= 11 is 0. The number of hydrogen-bond acceptors (Lipinski definition) is 11. The summed E-state index contributed by atoms with van der Waals surface area (Å²) in [4.78, 5) is 75.6. The van der Waals surface area contributed by atoms with Gasteiger partial charge in [-0.1, -0.05) is 0 Å². The number of fused-ring (bicyclic) bond motifs is 1. The lowest BCUT2D eigenvalue weighted by Gasteiger charge is -2.11. The molecule has 3 aromatic rings. The molecule has 36 heavy (non-hydrogen) atoms. The molecule has 0 saturated heterocycles. The number of phenolic OH excluding ortho intramolecular Hbond substituents is 1. The average Bonchev–Trinajstić information content (AvgIpc) is 2.84. The summed E-state index contributed by atoms with van der Waals surface area (Å²) in [7, 11) is 2.22. The number of nitrogens with zero attached hydrogens (tertiary/aromatic N) is 1. The minimum atomic E-state index is -1.79. The number of carbonyl (C=O) groups is 4. The summed E-state index contributed by atoms with van der Waals surface area (Å²) in [5.41, 5.74) is -1.38. The summed E-state index contributed by atoms with van der Waals surface area (Å²) in [5, 5.41) is 25.3. The SMILES string of the molecule is COC(=O)c1ccc(C(=O)OC)c(N/N=C(/C(=O)O)C(=O)Nc2cc3[nH]c(=O)c(=O)[nH]c3cc2O)c1. The van der Waals surface area contributed by atoms with Crippen molar-refractivity contribution in [3.8, 4) is 5.75 Å². The number of rotatable bonds is 7. The maximum atomic E-state index is 12.6. The number of hydrogen-bond donors (Lipinski definition) is 6. The standard InChI is InChI=1S/C21H17N5O10/c1-35-20(33)8-3-4-9(21(34)36-2)10(5-8)25-26-15(19(31)32)16(28)24-13-6-11-12(7-14(13)27)23-18(30)17(29)22-11/h3-7,25,27H,1-2H3,(H,22,29)(H,23,30)(H,24,28)(H,31,32)/b26-15+. The molecule has 0 unspecified atom stereocenters. The Morgan fingerprint density at radius 1 is 0.889 bits per heavy atom. The number of carbonyl (C=O) groups excluding carboxylic acids is 3. The zero-order valence-electron chi connectivity index (χ0n) is 18.5. The third-order valence-corrected chi connectivity index (χ3v) is 4.64. The fourth-order valence-corrected chi connectivity index (χ4v) is 2.92. The molecule has 0 spiro atoms. The molecule has 0 radical (unpaired) electrons. The van der Waals surface area contributed by atoms with Crippen molar-refractivity contribution >= 4 is 51.9 Å². The molecule has 0 aliphatic heterocycles. The number of aromatic hydroxyl groups is 1. The van der Waals surface area contributed by atoms with Crippen molar-refractivity contribution in [1.29, 1.82) is 0 Å². The highest BCUT2D eigenvalue weighted by atomic mass is 16.5. The lowest BCUT2D eigenvalue weighted by Crippen LogP contribution is -2.31. The van der Waals surface area contributed by atoms with E-state index in [4.69, 9.17) is 0 Å². The van der Waals surface area contributed by atoms with E-state index < -0.39 is 46.4 Å². The average molecular weight is 499 g/mol. The van der Waals surface area contributed by atoms with Crippen LogP contribution >= 0.6 is 0 Å². The molecule has 0 aliphatic rings. The molecule has 186 valence electrons. The number of aliphatic carboxylic acids is 1. The second-order valence-corrected chi connectivity index (χ2v) is 6.90. The molecular formula is C21H17N5O10. The molecule has 1 heterocycles. The molecule has 15 nitrogen and oxygen atoms in total. The molecule has 0 bridgehead atoms. The number of aromatic amines is 2. The van der Waals surface area contributed by atoms with Crippen LogP contribution in [0.15, 0.2) is 45.0 Å². The number of esters is 2. The van der Waals surface area contributed by atoms with Gasteiger partial charge in [0, 0.05) is 6.07 Å². The zero-order chi connectivity index (χ0) is 26.6. The lowest BCUT2D eigenvalue weighted by molar-refractivity contribution is -0.130. The second kappa shape index (κ2) is 10.2. The van der Waals surface area contributed by atoms with Crippen LogP contribution < -0.4 is 21.9 Å². The van der Waals surface area contributed by atoms with E-state index in [1.165, 1.54) is 12.1 Å². The Balaban J connectivity index is 1.96. The van der Waals surface area contributed by atoms with Crippen molar-refractivity contribution in [1.82, 2.24) is 9.97 Å². The molecule has 1 aromatic heterocycles. The number of methoxy groups -OCH3 is 2. The molecule has 0 fully saturated rings. The highest BCUT2D eigenvalue weighted by Crippen LogP contribution is 2.27. The number of amides is 1. The Labute approximate surface area is 199 Å². The first-order chi connectivity index (χ1) is 17.0. The largest absolute Gasteiger partial charge is 0.506 e. The summed E-state index contributed by atoms with van der Waals surface area (Å²) < 4.78 is 9.23. The first kappa shape index (κ1) is 25.2. The molecule has 0 aliphatic carbocycles. The molecule has 15 heteroatoms. The number of H-pyrrole nitrogens is 2. The number of anilines is 2. The first-order valence-corrected chi connectivity index (χ1v) is 9.74. The fourth-order valence-electron chi connectivity index (χ4n) is 2.92. The number of benzene rings is 2. The van der Waals surface area contributed by atoms with Crippen LogP contribution in [0.3, 0.4) is 0 Å². The Morgan fingerprint density at radius 3 is 2.08 bits per heavy atom. The van der Waals surface area contributed by atoms with Crippen molar-refractivity contribution in [2.45, 2.75) is 0 Å². The smallest absolute Gasteiger partial charge is 0.362 e. The van der Waals surface area contributed by atoms with Crippen molar-refractivity contribution in [2.24, 2.45) is 5.10 Å². The Hall–Kier alpha value is -5.47. The quantitative estimate of drug-likeness (QED) is 0.0632. The van der Waals surface area contributed by atoms with E-state index in [1.807, 2.05) is 0 Å². The van der Waals surface area contributed by atoms with Gasteiger partial charge in [0.15, 0.2) is 0 Å². The molecule has 2 aromatic carbocycles. The molecular weight excluding hydrogens is 482 g/mol. The number of carboxylic acid groups (broad SMARTS) is 1. The Kier molecular flexibility index (Phi) is 7.13. The predicted molar refractivity (Wildman–Crippen MR) is 123 cm³/mol. The number of carboxylic acids is 1. The second-order valence-electron chi connectivity index (χ2n) is 6.90. The lowest BCUT2D eigenvalue weighted by atomic mass is 10.1. The maximum absolute atomic E-state index is 12.6. The van der Waals surface area contributed by atoms with Gasteiger partial charge in [0.1, 0.15) is 5.75 Å². The molecule has 3 rings (SSSR count). The van der Waals surface area contributed by atoms with Crippen molar-refractivity contribution in [2.75, 3.05) is 25.0 Å². The van der Waals surface area contributed by atoms with Gasteiger partial charge in [-0.15, -0.1) is 0 Å². The molecule has 6 N–H and O–H groups in total. The summed E-state index contributed by atoms with van der Waals surface area (Å²) in [6, 6.07) is 5.71. The number of ether oxygens (including phenoxy) is 2. The number of aromatic nitrogens is 2. The Bertz CT molecular complexity index is 1550. The van der Waals surface area contributed by atoms with Crippen LogP contribution in [0.4, 0.5) is 11.4 Å². The molecule has 0 saturated carbocycles.